The predicted octanol–water partition coefficient (Wildman–Crippen LogP) is 10.1. The molecule has 1 heterocycles. The fourth-order valence-electron chi connectivity index (χ4n) is 5.09. The maximum absolute atomic E-state index is 7.11. The van der Waals surface area contributed by atoms with Crippen LogP contribution < -0.4 is 9.83 Å². The van der Waals surface area contributed by atoms with Gasteiger partial charge in [-0.05, 0) is 80.9 Å². The van der Waals surface area contributed by atoms with Crippen molar-refractivity contribution in [3.63, 3.8) is 0 Å². The molecule has 1 atom stereocenters. The normalized spacial score (nSPS) is 13.6. The van der Waals surface area contributed by atoms with Crippen molar-refractivity contribution in [1.29, 1.82) is 0 Å². The van der Waals surface area contributed by atoms with Crippen molar-refractivity contribution in [2.24, 2.45) is 4.74 Å². The Balaban J connectivity index is 1.86. The molecular weight excluding hydrogens is 539 g/mol. The van der Waals surface area contributed by atoms with Crippen LogP contribution in [0.25, 0.3) is 21.8 Å². The molecule has 0 saturated carbocycles. The Kier molecular flexibility index (Phi) is 6.85. The zero-order valence-corrected chi connectivity index (χ0v) is 24.9. The highest BCUT2D eigenvalue weighted by Gasteiger charge is 2.39. The molecule has 0 aliphatic carbocycles. The minimum absolute atomic E-state index is 0.256. The van der Waals surface area contributed by atoms with Crippen LogP contribution in [0.3, 0.4) is 0 Å². The third kappa shape index (κ3) is 4.67. The van der Waals surface area contributed by atoms with Crippen molar-refractivity contribution >= 4 is 56.0 Å². The standard InChI is InChI=1S/C32H34BrN2OP/c1-7-35-30-11-9-8-10-27(30)28-21-26(17-19-31(28)35)37(32(4,5)6,36-25-15-13-24(33)14-16-25)34-29-18-12-22(2)20-23(29)3/h8-21H,7H2,1-6H3/t37-/m0/s1. The van der Waals surface area contributed by atoms with Gasteiger partial charge in [-0.15, -0.1) is 0 Å². The van der Waals surface area contributed by atoms with E-state index in [9.17, 15) is 0 Å². The number of fused-ring (bicyclic) bond motifs is 3. The summed E-state index contributed by atoms with van der Waals surface area (Å²) in [5.74, 6) is 0.830. The van der Waals surface area contributed by atoms with Crippen LogP contribution in [0.15, 0.2) is 94.1 Å². The van der Waals surface area contributed by atoms with Gasteiger partial charge in [0, 0.05) is 43.3 Å². The average Bonchev–Trinajstić information content (AvgIpc) is 3.18. The zero-order valence-electron chi connectivity index (χ0n) is 22.4. The van der Waals surface area contributed by atoms with E-state index in [0.29, 0.717) is 0 Å². The fourth-order valence-corrected chi connectivity index (χ4v) is 8.50. The van der Waals surface area contributed by atoms with Crippen LogP contribution in [0.2, 0.25) is 0 Å². The van der Waals surface area contributed by atoms with Gasteiger partial charge in [-0.3, -0.25) is 0 Å². The van der Waals surface area contributed by atoms with Crippen molar-refractivity contribution in [1.82, 2.24) is 4.57 Å². The van der Waals surface area contributed by atoms with E-state index in [2.05, 4.69) is 123 Å². The molecule has 0 aliphatic heterocycles. The number of rotatable bonds is 5. The van der Waals surface area contributed by atoms with E-state index in [1.807, 2.05) is 24.3 Å². The summed E-state index contributed by atoms with van der Waals surface area (Å²) in [5.41, 5.74) is 5.89. The lowest BCUT2D eigenvalue weighted by atomic mass is 10.1. The Morgan fingerprint density at radius 2 is 1.54 bits per heavy atom. The first-order valence-electron chi connectivity index (χ1n) is 12.8. The van der Waals surface area contributed by atoms with Crippen LogP contribution in [-0.4, -0.2) is 9.72 Å². The summed E-state index contributed by atoms with van der Waals surface area (Å²) in [6, 6.07) is 30.1. The van der Waals surface area contributed by atoms with Crippen LogP contribution in [0.5, 0.6) is 5.75 Å². The highest BCUT2D eigenvalue weighted by molar-refractivity contribution is 9.10. The Morgan fingerprint density at radius 1 is 0.838 bits per heavy atom. The molecule has 5 aromatic rings. The summed E-state index contributed by atoms with van der Waals surface area (Å²) in [7, 11) is -2.61. The molecule has 190 valence electrons. The van der Waals surface area contributed by atoms with E-state index < -0.39 is 7.28 Å². The molecule has 0 aliphatic rings. The van der Waals surface area contributed by atoms with Crippen molar-refractivity contribution < 1.29 is 4.52 Å². The predicted molar refractivity (Wildman–Crippen MR) is 164 cm³/mol. The molecule has 5 rings (SSSR count). The smallest absolute Gasteiger partial charge is 0.173 e. The van der Waals surface area contributed by atoms with E-state index in [4.69, 9.17) is 9.27 Å². The van der Waals surface area contributed by atoms with Crippen molar-refractivity contribution in [3.05, 3.63) is 101 Å². The maximum Gasteiger partial charge on any atom is 0.173 e. The number of aryl methyl sites for hydroxylation is 3. The largest absolute Gasteiger partial charge is 0.455 e. The topological polar surface area (TPSA) is 26.5 Å². The van der Waals surface area contributed by atoms with Crippen LogP contribution in [-0.2, 0) is 6.54 Å². The maximum atomic E-state index is 7.11. The second kappa shape index (κ2) is 9.82. The zero-order chi connectivity index (χ0) is 26.4. The summed E-state index contributed by atoms with van der Waals surface area (Å²) < 4.78 is 16.1. The highest BCUT2D eigenvalue weighted by atomic mass is 79.9. The SMILES string of the molecule is CCn1c2ccccc2c2cc([P@](=Nc3ccc(C)cc3C)(Oc3ccc(Br)cc3)C(C)(C)C)ccc21. The molecule has 0 spiro atoms. The van der Waals surface area contributed by atoms with E-state index in [1.165, 1.54) is 27.4 Å². The highest BCUT2D eigenvalue weighted by Crippen LogP contribution is 2.62. The first kappa shape index (κ1) is 25.8. The molecule has 0 N–H and O–H groups in total. The number of nitrogens with zero attached hydrogens (tertiary/aromatic N) is 2. The molecular formula is C32H34BrN2OP. The first-order chi connectivity index (χ1) is 17.6. The lowest BCUT2D eigenvalue weighted by molar-refractivity contribution is 0.571. The van der Waals surface area contributed by atoms with Crippen LogP contribution in [0.4, 0.5) is 5.69 Å². The van der Waals surface area contributed by atoms with Gasteiger partial charge in [-0.1, -0.05) is 72.6 Å². The molecule has 3 nitrogen and oxygen atoms in total. The minimum atomic E-state index is -2.61. The van der Waals surface area contributed by atoms with Gasteiger partial charge in [-0.25, -0.2) is 4.74 Å². The molecule has 0 amide bonds. The fraction of sp³-hybridized carbons (Fsp3) is 0.250. The molecule has 0 bridgehead atoms. The Morgan fingerprint density at radius 3 is 2.22 bits per heavy atom. The second-order valence-corrected chi connectivity index (χ2v) is 15.0. The number of hydrogen-bond donors (Lipinski definition) is 0. The van der Waals surface area contributed by atoms with Gasteiger partial charge in [0.15, 0.2) is 7.28 Å². The van der Waals surface area contributed by atoms with Gasteiger partial charge in [0.1, 0.15) is 5.75 Å². The van der Waals surface area contributed by atoms with Crippen LogP contribution in [0, 0.1) is 13.8 Å². The van der Waals surface area contributed by atoms with Crippen molar-refractivity contribution in [2.45, 2.75) is 53.2 Å². The second-order valence-electron chi connectivity index (χ2n) is 10.6. The van der Waals surface area contributed by atoms with Crippen LogP contribution >= 0.6 is 23.2 Å². The molecule has 37 heavy (non-hydrogen) atoms. The number of benzene rings is 4. The third-order valence-electron chi connectivity index (χ3n) is 6.98. The Bertz CT molecular complexity index is 1660. The van der Waals surface area contributed by atoms with Gasteiger partial charge >= 0.3 is 0 Å². The molecule has 0 radical (unpaired) electrons. The van der Waals surface area contributed by atoms with Crippen molar-refractivity contribution in [2.75, 3.05) is 0 Å². The summed E-state index contributed by atoms with van der Waals surface area (Å²) in [6.45, 7) is 14.2. The molecule has 0 saturated heterocycles. The van der Waals surface area contributed by atoms with Gasteiger partial charge < -0.3 is 9.09 Å². The van der Waals surface area contributed by atoms with Gasteiger partial charge in [0.05, 0.1) is 5.69 Å². The summed E-state index contributed by atoms with van der Waals surface area (Å²) in [6.07, 6.45) is 0. The Labute approximate surface area is 228 Å². The van der Waals surface area contributed by atoms with Crippen molar-refractivity contribution in [3.8, 4) is 5.75 Å². The number of hydrogen-bond acceptors (Lipinski definition) is 2. The first-order valence-corrected chi connectivity index (χ1v) is 15.2. The minimum Gasteiger partial charge on any atom is -0.455 e. The van der Waals surface area contributed by atoms with Gasteiger partial charge in [0.25, 0.3) is 0 Å². The average molecular weight is 574 g/mol. The summed E-state index contributed by atoms with van der Waals surface area (Å²) >= 11 is 3.57. The number of halogens is 1. The van der Waals surface area contributed by atoms with Gasteiger partial charge in [-0.2, -0.15) is 0 Å². The monoisotopic (exact) mass is 572 g/mol. The quantitative estimate of drug-likeness (QED) is 0.192. The summed E-state index contributed by atoms with van der Waals surface area (Å²) in [5, 5.41) is 3.41. The lowest BCUT2D eigenvalue weighted by Gasteiger charge is -2.37. The molecule has 4 aromatic carbocycles. The number of aromatic nitrogens is 1. The van der Waals surface area contributed by atoms with Gasteiger partial charge in [0.2, 0.25) is 0 Å². The van der Waals surface area contributed by atoms with E-state index in [1.54, 1.807) is 0 Å². The van der Waals surface area contributed by atoms with E-state index in [-0.39, 0.29) is 5.16 Å². The van der Waals surface area contributed by atoms with E-state index in [0.717, 1.165) is 33.3 Å². The number of para-hydroxylation sites is 1. The molecule has 1 aromatic heterocycles. The molecule has 0 fully saturated rings. The van der Waals surface area contributed by atoms with Crippen LogP contribution in [0.1, 0.15) is 38.8 Å². The summed E-state index contributed by atoms with van der Waals surface area (Å²) in [4.78, 5) is 0. The Hall–Kier alpha value is -2.81. The van der Waals surface area contributed by atoms with E-state index >= 15 is 0 Å². The lowest BCUT2D eigenvalue weighted by Crippen LogP contribution is -2.27. The third-order valence-corrected chi connectivity index (χ3v) is 11.3. The molecule has 0 unspecified atom stereocenters. The molecule has 5 heteroatoms.